The third-order valence-corrected chi connectivity index (χ3v) is 5.89. The Balaban J connectivity index is 1.77. The fourth-order valence-electron chi connectivity index (χ4n) is 1.69. The molecule has 0 aliphatic heterocycles. The Bertz CT molecular complexity index is 674. The molecule has 2 rings (SSSR count). The Morgan fingerprint density at radius 2 is 1.95 bits per heavy atom. The van der Waals surface area contributed by atoms with Gasteiger partial charge >= 0.3 is 5.97 Å². The van der Waals surface area contributed by atoms with Crippen LogP contribution in [0, 0.1) is 0 Å². The summed E-state index contributed by atoms with van der Waals surface area (Å²) in [5.41, 5.74) is 0.665. The van der Waals surface area contributed by atoms with Crippen molar-refractivity contribution in [3.05, 3.63) is 34.5 Å². The highest BCUT2D eigenvalue weighted by Crippen LogP contribution is 2.30. The van der Waals surface area contributed by atoms with Gasteiger partial charge < -0.3 is 14.8 Å². The van der Waals surface area contributed by atoms with Gasteiger partial charge in [0, 0.05) is 23.4 Å². The molecule has 5 nitrogen and oxygen atoms in total. The molecule has 0 saturated heterocycles. The van der Waals surface area contributed by atoms with Crippen molar-refractivity contribution in [1.29, 1.82) is 0 Å². The number of hydrogen-bond donors (Lipinski definition) is 2. The van der Waals surface area contributed by atoms with E-state index in [-0.39, 0.29) is 18.1 Å². The molecule has 2 aromatic rings. The van der Waals surface area contributed by atoms with Gasteiger partial charge in [0.1, 0.15) is 5.58 Å². The molecule has 0 unspecified atom stereocenters. The van der Waals surface area contributed by atoms with Crippen LogP contribution in [-0.2, 0) is 4.79 Å². The summed E-state index contributed by atoms with van der Waals surface area (Å²) in [6.07, 6.45) is 0.149. The van der Waals surface area contributed by atoms with Crippen molar-refractivity contribution < 1.29 is 19.1 Å². The summed E-state index contributed by atoms with van der Waals surface area (Å²) in [5.74, 6) is 0.469. The van der Waals surface area contributed by atoms with E-state index in [1.54, 1.807) is 0 Å². The average molecular weight is 404 g/mol. The van der Waals surface area contributed by atoms with Crippen LogP contribution in [0.25, 0.3) is 11.0 Å². The van der Waals surface area contributed by atoms with Gasteiger partial charge in [-0.1, -0.05) is 33.7 Å². The Kier molecular flexibility index (Phi) is 6.66. The number of carbonyl (C=O) groups is 2. The van der Waals surface area contributed by atoms with Gasteiger partial charge in [-0.2, -0.15) is 0 Å². The number of carbonyl (C=O) groups excluding carboxylic acids is 1. The monoisotopic (exact) mass is 403 g/mol. The molecule has 0 aliphatic carbocycles. The van der Waals surface area contributed by atoms with Crippen molar-refractivity contribution in [1.82, 2.24) is 5.32 Å². The van der Waals surface area contributed by atoms with Gasteiger partial charge in [0.15, 0.2) is 0 Å². The molecule has 22 heavy (non-hydrogen) atoms. The molecule has 0 spiro atoms. The molecule has 1 heterocycles. The van der Waals surface area contributed by atoms with Crippen LogP contribution in [0.3, 0.4) is 0 Å². The second-order valence-corrected chi connectivity index (χ2v) is 7.78. The van der Waals surface area contributed by atoms with Gasteiger partial charge in [0.2, 0.25) is 5.76 Å². The normalized spacial score (nSPS) is 10.8. The Labute approximate surface area is 143 Å². The number of hydrogen-bond acceptors (Lipinski definition) is 5. The Morgan fingerprint density at radius 1 is 1.23 bits per heavy atom. The van der Waals surface area contributed by atoms with Crippen LogP contribution >= 0.6 is 37.5 Å². The zero-order valence-corrected chi connectivity index (χ0v) is 14.7. The molecule has 1 aromatic heterocycles. The lowest BCUT2D eigenvalue weighted by Crippen LogP contribution is -2.25. The Morgan fingerprint density at radius 3 is 2.68 bits per heavy atom. The maximum Gasteiger partial charge on any atom is 0.304 e. The lowest BCUT2D eigenvalue weighted by molar-refractivity contribution is -0.136. The molecule has 1 amide bonds. The first-order valence-corrected chi connectivity index (χ1v) is 9.79. The molecular weight excluding hydrogens is 390 g/mol. The van der Waals surface area contributed by atoms with E-state index in [2.05, 4.69) is 21.2 Å². The SMILES string of the molecule is O=C(O)CCSSCCNC(=O)c1oc2ccccc2c1Br. The molecule has 0 radical (unpaired) electrons. The van der Waals surface area contributed by atoms with Crippen LogP contribution in [0.4, 0.5) is 0 Å². The van der Waals surface area contributed by atoms with Gasteiger partial charge in [0.25, 0.3) is 5.91 Å². The second kappa shape index (κ2) is 8.50. The quantitative estimate of drug-likeness (QED) is 0.515. The van der Waals surface area contributed by atoms with Crippen LogP contribution in [0.2, 0.25) is 0 Å². The van der Waals surface area contributed by atoms with Gasteiger partial charge in [-0.05, 0) is 28.1 Å². The van der Waals surface area contributed by atoms with E-state index in [9.17, 15) is 9.59 Å². The highest BCUT2D eigenvalue weighted by Gasteiger charge is 2.17. The number of carboxylic acids is 1. The predicted molar refractivity (Wildman–Crippen MR) is 93.4 cm³/mol. The molecule has 118 valence electrons. The van der Waals surface area contributed by atoms with Crippen LogP contribution in [0.5, 0.6) is 0 Å². The number of rotatable bonds is 8. The van der Waals surface area contributed by atoms with Gasteiger partial charge in [-0.15, -0.1) is 0 Å². The molecule has 8 heteroatoms. The summed E-state index contributed by atoms with van der Waals surface area (Å²) in [5, 5.41) is 12.2. The standard InChI is InChI=1S/C14H14BrNO4S2/c15-12-9-3-1-2-4-10(9)20-13(12)14(19)16-6-8-22-21-7-5-11(17)18/h1-4H,5-8H2,(H,16,19)(H,17,18). The van der Waals surface area contributed by atoms with Crippen LogP contribution < -0.4 is 5.32 Å². The van der Waals surface area contributed by atoms with E-state index in [4.69, 9.17) is 9.52 Å². The van der Waals surface area contributed by atoms with E-state index in [1.165, 1.54) is 21.6 Å². The molecule has 0 fully saturated rings. The average Bonchev–Trinajstić information content (AvgIpc) is 2.83. The third kappa shape index (κ3) is 4.69. The fourth-order valence-corrected chi connectivity index (χ4v) is 4.17. The van der Waals surface area contributed by atoms with E-state index in [0.29, 0.717) is 28.1 Å². The molecule has 0 aliphatic rings. The van der Waals surface area contributed by atoms with E-state index < -0.39 is 5.97 Å². The number of furan rings is 1. The third-order valence-electron chi connectivity index (χ3n) is 2.69. The highest BCUT2D eigenvalue weighted by molar-refractivity contribution is 9.10. The topological polar surface area (TPSA) is 79.5 Å². The van der Waals surface area contributed by atoms with Crippen LogP contribution in [0.15, 0.2) is 33.2 Å². The van der Waals surface area contributed by atoms with Crippen molar-refractivity contribution in [2.45, 2.75) is 6.42 Å². The molecule has 2 N–H and O–H groups in total. The van der Waals surface area contributed by atoms with E-state index in [1.807, 2.05) is 24.3 Å². The maximum absolute atomic E-state index is 12.1. The van der Waals surface area contributed by atoms with Crippen molar-refractivity contribution in [3.8, 4) is 0 Å². The first-order chi connectivity index (χ1) is 10.6. The summed E-state index contributed by atoms with van der Waals surface area (Å²) in [6, 6.07) is 7.43. The minimum absolute atomic E-state index is 0.149. The minimum atomic E-state index is -0.795. The number of carboxylic acid groups (broad SMARTS) is 1. The van der Waals surface area contributed by atoms with E-state index >= 15 is 0 Å². The molecule has 0 saturated carbocycles. The number of fused-ring (bicyclic) bond motifs is 1. The largest absolute Gasteiger partial charge is 0.481 e. The zero-order valence-electron chi connectivity index (χ0n) is 11.5. The summed E-state index contributed by atoms with van der Waals surface area (Å²) >= 11 is 3.39. The van der Waals surface area contributed by atoms with Crippen LogP contribution in [0.1, 0.15) is 17.0 Å². The van der Waals surface area contributed by atoms with Gasteiger partial charge in [-0.25, -0.2) is 0 Å². The van der Waals surface area contributed by atoms with Gasteiger partial charge in [-0.3, -0.25) is 9.59 Å². The molecule has 0 bridgehead atoms. The van der Waals surface area contributed by atoms with Crippen molar-refractivity contribution in [2.24, 2.45) is 0 Å². The van der Waals surface area contributed by atoms with Gasteiger partial charge in [0.05, 0.1) is 10.9 Å². The molecular formula is C14H14BrNO4S2. The second-order valence-electron chi connectivity index (χ2n) is 4.28. The molecule has 0 atom stereocenters. The Hall–Kier alpha value is -1.12. The summed E-state index contributed by atoms with van der Waals surface area (Å²) < 4.78 is 6.20. The number of aliphatic carboxylic acids is 1. The highest BCUT2D eigenvalue weighted by atomic mass is 79.9. The fraction of sp³-hybridized carbons (Fsp3) is 0.286. The first-order valence-electron chi connectivity index (χ1n) is 6.51. The number of amides is 1. The van der Waals surface area contributed by atoms with Crippen molar-refractivity contribution >= 4 is 60.4 Å². The molecule has 1 aromatic carbocycles. The zero-order chi connectivity index (χ0) is 15.9. The van der Waals surface area contributed by atoms with E-state index in [0.717, 1.165) is 5.39 Å². The van der Waals surface area contributed by atoms with Crippen molar-refractivity contribution in [3.63, 3.8) is 0 Å². The number of halogens is 1. The first kappa shape index (κ1) is 17.2. The smallest absolute Gasteiger partial charge is 0.304 e. The summed E-state index contributed by atoms with van der Waals surface area (Å²) in [6.45, 7) is 0.493. The summed E-state index contributed by atoms with van der Waals surface area (Å²) in [7, 11) is 3.03. The predicted octanol–water partition coefficient (Wildman–Crippen LogP) is 3.78. The van der Waals surface area contributed by atoms with Crippen LogP contribution in [-0.4, -0.2) is 35.0 Å². The lowest BCUT2D eigenvalue weighted by atomic mass is 10.2. The minimum Gasteiger partial charge on any atom is -0.481 e. The lowest BCUT2D eigenvalue weighted by Gasteiger charge is -2.03. The van der Waals surface area contributed by atoms with Crippen molar-refractivity contribution in [2.75, 3.05) is 18.1 Å². The maximum atomic E-state index is 12.1. The number of benzene rings is 1. The number of para-hydroxylation sites is 1. The summed E-state index contributed by atoms with van der Waals surface area (Å²) in [4.78, 5) is 22.4. The number of nitrogens with one attached hydrogen (secondary N) is 1.